The number of nitrogens with zero attached hydrogens (tertiary/aromatic N) is 5. The van der Waals surface area contributed by atoms with Crippen LogP contribution in [0.2, 0.25) is 0 Å². The van der Waals surface area contributed by atoms with Crippen LogP contribution in [0.15, 0.2) is 34.5 Å². The van der Waals surface area contributed by atoms with Crippen LogP contribution >= 0.6 is 0 Å². The van der Waals surface area contributed by atoms with Gasteiger partial charge in [0.05, 0.1) is 36.9 Å². The Morgan fingerprint density at radius 2 is 2.07 bits per heavy atom. The number of benzene rings is 1. The lowest BCUT2D eigenvalue weighted by Crippen LogP contribution is -2.55. The normalized spacial score (nSPS) is 19.8. The van der Waals surface area contributed by atoms with Gasteiger partial charge in [0.2, 0.25) is 0 Å². The monoisotopic (exact) mass is 421 g/mol. The van der Waals surface area contributed by atoms with Crippen molar-refractivity contribution in [2.45, 2.75) is 18.9 Å². The molecule has 1 atom stereocenters. The van der Waals surface area contributed by atoms with Crippen molar-refractivity contribution in [2.75, 3.05) is 47.4 Å². The predicted molar refractivity (Wildman–Crippen MR) is 110 cm³/mol. The van der Waals surface area contributed by atoms with E-state index >= 15 is 0 Å². The van der Waals surface area contributed by atoms with E-state index in [0.29, 0.717) is 35.2 Å². The molecular weight excluding hydrogens is 394 g/mol. The summed E-state index contributed by atoms with van der Waals surface area (Å²) >= 11 is 0. The number of halogens is 2. The second-order valence-electron chi connectivity index (χ2n) is 7.77. The van der Waals surface area contributed by atoms with Crippen molar-refractivity contribution in [2.24, 2.45) is 4.99 Å². The van der Waals surface area contributed by atoms with Gasteiger partial charge in [0, 0.05) is 7.05 Å². The summed E-state index contributed by atoms with van der Waals surface area (Å²) in [6.07, 6.45) is 2.72. The van der Waals surface area contributed by atoms with Crippen LogP contribution in [0.5, 0.6) is 0 Å². The van der Waals surface area contributed by atoms with Gasteiger partial charge in [-0.05, 0) is 57.7 Å². The van der Waals surface area contributed by atoms with E-state index < -0.39 is 23.6 Å². The molecule has 1 unspecified atom stereocenters. The number of carbonyl (C=O) groups excluding carboxylic acids is 1. The van der Waals surface area contributed by atoms with Gasteiger partial charge in [0.25, 0.3) is 5.91 Å². The maximum absolute atomic E-state index is 13.6. The Kier molecular flexibility index (Phi) is 7.14. The van der Waals surface area contributed by atoms with Crippen LogP contribution in [-0.4, -0.2) is 85.7 Å². The highest BCUT2D eigenvalue weighted by molar-refractivity contribution is 5.96. The van der Waals surface area contributed by atoms with Crippen molar-refractivity contribution < 1.29 is 13.6 Å². The summed E-state index contributed by atoms with van der Waals surface area (Å²) in [4.78, 5) is 21.0. The first-order valence-electron chi connectivity index (χ1n) is 9.83. The van der Waals surface area contributed by atoms with Gasteiger partial charge in [-0.15, -0.1) is 0 Å². The van der Waals surface area contributed by atoms with Gasteiger partial charge in [0.15, 0.2) is 11.6 Å². The van der Waals surface area contributed by atoms with Gasteiger partial charge in [-0.3, -0.25) is 20.3 Å². The zero-order valence-corrected chi connectivity index (χ0v) is 17.4. The highest BCUT2D eigenvalue weighted by Crippen LogP contribution is 2.29. The molecule has 3 rings (SSSR count). The van der Waals surface area contributed by atoms with Crippen LogP contribution < -0.4 is 5.32 Å². The fraction of sp³-hybridized carbons (Fsp3) is 0.500. The van der Waals surface area contributed by atoms with E-state index in [1.165, 1.54) is 13.1 Å². The predicted octanol–water partition coefficient (Wildman–Crippen LogP) is 1.16. The van der Waals surface area contributed by atoms with Gasteiger partial charge in [0.1, 0.15) is 0 Å². The van der Waals surface area contributed by atoms with Crippen LogP contribution in [0.3, 0.4) is 0 Å². The smallest absolute Gasteiger partial charge is 0.266 e. The molecule has 10 heteroatoms. The Bertz CT molecular complexity index is 845. The van der Waals surface area contributed by atoms with Crippen molar-refractivity contribution in [1.82, 2.24) is 25.3 Å². The second-order valence-corrected chi connectivity index (χ2v) is 7.77. The molecule has 2 aliphatic heterocycles. The van der Waals surface area contributed by atoms with E-state index in [2.05, 4.69) is 15.2 Å². The molecule has 2 heterocycles. The van der Waals surface area contributed by atoms with Crippen LogP contribution in [0, 0.1) is 16.8 Å². The number of nitrogens with one attached hydrogen (secondary N) is 1. The molecule has 2 aliphatic rings. The van der Waals surface area contributed by atoms with Gasteiger partial charge < -0.3 is 15.0 Å². The summed E-state index contributed by atoms with van der Waals surface area (Å²) in [5, 5.41) is 17.5. The molecule has 8 nitrogen and oxygen atoms in total. The van der Waals surface area contributed by atoms with E-state index in [1.54, 1.807) is 6.34 Å². The first-order chi connectivity index (χ1) is 14.3. The van der Waals surface area contributed by atoms with Crippen molar-refractivity contribution in [3.63, 3.8) is 0 Å². The Balaban J connectivity index is 1.70. The van der Waals surface area contributed by atoms with E-state index in [9.17, 15) is 18.8 Å². The maximum atomic E-state index is 13.6. The van der Waals surface area contributed by atoms with Crippen LogP contribution in [0.1, 0.15) is 12.0 Å². The van der Waals surface area contributed by atoms with Gasteiger partial charge in [-0.2, -0.15) is 0 Å². The fourth-order valence-electron chi connectivity index (χ4n) is 3.51. The fourth-order valence-corrected chi connectivity index (χ4v) is 3.51. The number of hydrazine groups is 1. The molecular formula is C20H27F2N6O2-. The lowest BCUT2D eigenvalue weighted by molar-refractivity contribution is -0.142. The zero-order valence-electron chi connectivity index (χ0n) is 17.4. The molecule has 0 saturated heterocycles. The van der Waals surface area contributed by atoms with E-state index in [-0.39, 0.29) is 6.42 Å². The molecule has 1 aromatic carbocycles. The summed E-state index contributed by atoms with van der Waals surface area (Å²) in [6, 6.07) is 2.73. The van der Waals surface area contributed by atoms with Crippen LogP contribution in [-0.2, 0) is 11.2 Å². The summed E-state index contributed by atoms with van der Waals surface area (Å²) in [7, 11) is 5.44. The molecule has 1 aromatic rings. The van der Waals surface area contributed by atoms with Crippen molar-refractivity contribution >= 4 is 12.2 Å². The van der Waals surface area contributed by atoms with Gasteiger partial charge in [-0.1, -0.05) is 6.07 Å². The second kappa shape index (κ2) is 9.61. The summed E-state index contributed by atoms with van der Waals surface area (Å²) < 4.78 is 26.8. The summed E-state index contributed by atoms with van der Waals surface area (Å²) in [5.74, 6) is -2.33. The molecule has 0 spiro atoms. The molecule has 164 valence electrons. The number of hydrogen-bond acceptors (Lipinski definition) is 7. The van der Waals surface area contributed by atoms with Crippen molar-refractivity contribution in [3.05, 3.63) is 51.9 Å². The molecule has 0 fully saturated rings. The largest absolute Gasteiger partial charge is 0.767 e. The maximum Gasteiger partial charge on any atom is 0.266 e. The Morgan fingerprint density at radius 3 is 2.77 bits per heavy atom. The number of amides is 1. The number of hydroxylamine groups is 1. The van der Waals surface area contributed by atoms with Crippen molar-refractivity contribution in [1.29, 1.82) is 0 Å². The molecule has 0 aliphatic carbocycles. The molecule has 1 N–H and O–H groups in total. The number of aliphatic imine (C=N–C) groups is 1. The number of hydrogen-bond donors (Lipinski definition) is 1. The third-order valence-corrected chi connectivity index (χ3v) is 5.15. The highest BCUT2D eigenvalue weighted by atomic mass is 19.2. The Morgan fingerprint density at radius 1 is 1.30 bits per heavy atom. The Hall–Kier alpha value is -2.40. The van der Waals surface area contributed by atoms with Crippen LogP contribution in [0.25, 0.3) is 0 Å². The number of carbonyl (C=O) groups is 1. The quantitative estimate of drug-likeness (QED) is 0.635. The average molecular weight is 421 g/mol. The Labute approximate surface area is 175 Å². The standard InChI is InChI=1S/C20H27F2N6O2/c1-25(2)8-4-7-23-12-27-11-15-19(24-13-27)18(28(30)26(3)20(15)29)10-14-5-6-16(21)17(22)9-14/h5-6,9,13,18,23H,4,7-8,10-12H2,1-3H3/q-1. The topological polar surface area (TPSA) is 77.5 Å². The minimum atomic E-state index is -0.974. The summed E-state index contributed by atoms with van der Waals surface area (Å²) in [5.41, 5.74) is 1.27. The average Bonchev–Trinajstić information content (AvgIpc) is 2.71. The molecule has 30 heavy (non-hydrogen) atoms. The number of likely N-dealkylation sites (N-methyl/N-ethyl adjacent to an activating group) is 1. The minimum Gasteiger partial charge on any atom is -0.767 e. The lowest BCUT2D eigenvalue weighted by atomic mass is 9.97. The summed E-state index contributed by atoms with van der Waals surface area (Å²) in [6.45, 7) is 2.66. The van der Waals surface area contributed by atoms with Gasteiger partial charge in [-0.25, -0.2) is 13.8 Å². The molecule has 0 bridgehead atoms. The minimum absolute atomic E-state index is 0.108. The van der Waals surface area contributed by atoms with Gasteiger partial charge >= 0.3 is 0 Å². The first kappa shape index (κ1) is 22.3. The SMILES string of the molecule is CN(C)CCCNCN1C=NC2=C(C1)C(=O)N(C)N([O-])C2Cc1ccc(F)c(F)c1. The zero-order chi connectivity index (χ0) is 21.8. The molecule has 0 radical (unpaired) electrons. The third kappa shape index (κ3) is 5.01. The first-order valence-corrected chi connectivity index (χ1v) is 9.83. The third-order valence-electron chi connectivity index (χ3n) is 5.15. The van der Waals surface area contributed by atoms with E-state index in [0.717, 1.165) is 36.7 Å². The molecule has 1 amide bonds. The van der Waals surface area contributed by atoms with Crippen molar-refractivity contribution in [3.8, 4) is 0 Å². The van der Waals surface area contributed by atoms with Crippen LogP contribution in [0.4, 0.5) is 8.78 Å². The number of rotatable bonds is 8. The molecule has 0 aromatic heterocycles. The lowest BCUT2D eigenvalue weighted by Gasteiger charge is -2.48. The van der Waals surface area contributed by atoms with E-state index in [1.807, 2.05) is 19.0 Å². The highest BCUT2D eigenvalue weighted by Gasteiger charge is 2.36. The van der Waals surface area contributed by atoms with E-state index in [4.69, 9.17) is 0 Å². The molecule has 0 saturated carbocycles.